The quantitative estimate of drug-likeness (QED) is 0.411. The van der Waals surface area contributed by atoms with Gasteiger partial charge in [-0.05, 0) is 52.7 Å². The Morgan fingerprint density at radius 1 is 1.00 bits per heavy atom. The van der Waals surface area contributed by atoms with E-state index in [1.54, 1.807) is 41.2 Å². The van der Waals surface area contributed by atoms with Crippen molar-refractivity contribution in [2.45, 2.75) is 12.8 Å². The van der Waals surface area contributed by atoms with E-state index >= 15 is 0 Å². The molecular weight excluding hydrogens is 400 g/mol. The van der Waals surface area contributed by atoms with E-state index < -0.39 is 18.0 Å². The minimum absolute atomic E-state index is 0.0305. The highest BCUT2D eigenvalue weighted by Crippen LogP contribution is 2.33. The van der Waals surface area contributed by atoms with Crippen LogP contribution in [-0.2, 0) is 11.5 Å². The Balaban J connectivity index is 1.61. The zero-order valence-corrected chi connectivity index (χ0v) is 16.2. The van der Waals surface area contributed by atoms with Gasteiger partial charge < -0.3 is 24.6 Å². The first-order valence-electron chi connectivity index (χ1n) is 9.33. The molecule has 0 spiro atoms. The summed E-state index contributed by atoms with van der Waals surface area (Å²) < 4.78 is 6.87. The minimum atomic E-state index is -1.18. The van der Waals surface area contributed by atoms with Crippen molar-refractivity contribution in [2.24, 2.45) is 0 Å². The summed E-state index contributed by atoms with van der Waals surface area (Å²) in [6.07, 6.45) is 3.61. The highest BCUT2D eigenvalue weighted by molar-refractivity contribution is 5.96. The van der Waals surface area contributed by atoms with Gasteiger partial charge >= 0.3 is 11.9 Å². The average Bonchev–Trinajstić information content (AvgIpc) is 3.30. The summed E-state index contributed by atoms with van der Waals surface area (Å²) in [5.74, 6) is -1.70. The number of carboxylic acids is 1. The van der Waals surface area contributed by atoms with Gasteiger partial charge in [0, 0.05) is 18.0 Å². The molecule has 4 aromatic rings. The maximum atomic E-state index is 12.4. The molecular formula is C23H18N2O6. The molecule has 1 heterocycles. The Labute approximate surface area is 176 Å². The van der Waals surface area contributed by atoms with E-state index in [1.807, 2.05) is 0 Å². The van der Waals surface area contributed by atoms with Crippen LogP contribution in [0.4, 0.5) is 0 Å². The second-order valence-electron chi connectivity index (χ2n) is 6.94. The molecule has 1 aromatic heterocycles. The number of aliphatic hydroxyl groups is 1. The van der Waals surface area contributed by atoms with E-state index in [1.165, 1.54) is 36.7 Å². The van der Waals surface area contributed by atoms with Crippen molar-refractivity contribution < 1.29 is 29.6 Å². The van der Waals surface area contributed by atoms with E-state index in [2.05, 4.69) is 4.98 Å². The molecule has 0 fully saturated rings. The molecule has 3 N–H and O–H groups in total. The number of aliphatic hydroxyl groups excluding tert-OH is 1. The molecule has 8 heteroatoms. The van der Waals surface area contributed by atoms with Gasteiger partial charge in [-0.1, -0.05) is 18.2 Å². The number of rotatable bonds is 6. The molecule has 0 amide bonds. The molecule has 156 valence electrons. The van der Waals surface area contributed by atoms with Gasteiger partial charge in [0.25, 0.3) is 0 Å². The summed E-state index contributed by atoms with van der Waals surface area (Å²) in [6, 6.07) is 13.7. The molecule has 0 aliphatic heterocycles. The van der Waals surface area contributed by atoms with Crippen LogP contribution in [0.2, 0.25) is 0 Å². The summed E-state index contributed by atoms with van der Waals surface area (Å²) >= 11 is 0. The zero-order valence-electron chi connectivity index (χ0n) is 16.2. The number of ether oxygens (including phenoxy) is 1. The van der Waals surface area contributed by atoms with E-state index in [0.29, 0.717) is 21.9 Å². The van der Waals surface area contributed by atoms with Crippen molar-refractivity contribution >= 4 is 22.7 Å². The predicted octanol–water partition coefficient (Wildman–Crippen LogP) is 3.34. The van der Waals surface area contributed by atoms with Gasteiger partial charge in [-0.25, -0.2) is 14.6 Å². The van der Waals surface area contributed by atoms with Crippen molar-refractivity contribution in [3.8, 4) is 5.75 Å². The Bertz CT molecular complexity index is 1250. The smallest absolute Gasteiger partial charge is 0.339 e. The highest BCUT2D eigenvalue weighted by atomic mass is 16.5. The van der Waals surface area contributed by atoms with Crippen molar-refractivity contribution in [1.82, 2.24) is 9.55 Å². The number of aromatic hydroxyl groups is 1. The number of phenols is 1. The lowest BCUT2D eigenvalue weighted by molar-refractivity contribution is 0.0372. The average molecular weight is 418 g/mol. The van der Waals surface area contributed by atoms with Gasteiger partial charge in [-0.2, -0.15) is 0 Å². The molecule has 0 bridgehead atoms. The monoisotopic (exact) mass is 418 g/mol. The number of nitrogens with zero attached hydrogens (tertiary/aromatic N) is 2. The second-order valence-corrected chi connectivity index (χ2v) is 6.94. The molecule has 3 aromatic carbocycles. The summed E-state index contributed by atoms with van der Waals surface area (Å²) in [5, 5.41) is 31.4. The molecule has 0 saturated carbocycles. The Morgan fingerprint density at radius 2 is 1.74 bits per heavy atom. The fourth-order valence-corrected chi connectivity index (χ4v) is 3.22. The van der Waals surface area contributed by atoms with Gasteiger partial charge in [0.1, 0.15) is 11.9 Å². The number of aromatic carboxylic acids is 1. The van der Waals surface area contributed by atoms with Crippen molar-refractivity contribution in [3.63, 3.8) is 0 Å². The van der Waals surface area contributed by atoms with Crippen molar-refractivity contribution in [2.75, 3.05) is 0 Å². The number of hydrogen-bond acceptors (Lipinski definition) is 6. The van der Waals surface area contributed by atoms with Crippen LogP contribution >= 0.6 is 0 Å². The highest BCUT2D eigenvalue weighted by Gasteiger charge is 2.17. The van der Waals surface area contributed by atoms with Gasteiger partial charge in [0.05, 0.1) is 17.5 Å². The van der Waals surface area contributed by atoms with Crippen LogP contribution in [0.3, 0.4) is 0 Å². The number of phenolic OH excluding ortho intramolecular Hbond substituents is 1. The van der Waals surface area contributed by atoms with Gasteiger partial charge in [0.15, 0.2) is 6.73 Å². The van der Waals surface area contributed by atoms with Gasteiger partial charge in [-0.15, -0.1) is 0 Å². The molecule has 0 aliphatic carbocycles. The number of carbonyl (C=O) groups is 2. The summed E-state index contributed by atoms with van der Waals surface area (Å²) in [5.41, 5.74) is 1.08. The maximum absolute atomic E-state index is 12.4. The normalized spacial score (nSPS) is 11.9. The van der Waals surface area contributed by atoms with Crippen LogP contribution in [-0.4, -0.2) is 36.8 Å². The lowest BCUT2D eigenvalue weighted by atomic mass is 9.96. The number of imidazole rings is 1. The van der Waals surface area contributed by atoms with Crippen LogP contribution < -0.4 is 0 Å². The van der Waals surface area contributed by atoms with Crippen LogP contribution in [0.25, 0.3) is 10.8 Å². The second kappa shape index (κ2) is 8.29. The molecule has 1 unspecified atom stereocenters. The van der Waals surface area contributed by atoms with E-state index in [-0.39, 0.29) is 23.6 Å². The Hall–Kier alpha value is -4.17. The fraction of sp³-hybridized carbons (Fsp3) is 0.0870. The zero-order chi connectivity index (χ0) is 22.0. The number of esters is 1. The third kappa shape index (κ3) is 4.24. The number of aromatic nitrogens is 2. The predicted molar refractivity (Wildman–Crippen MR) is 111 cm³/mol. The van der Waals surface area contributed by atoms with E-state index in [4.69, 9.17) is 9.84 Å². The third-order valence-electron chi connectivity index (χ3n) is 4.89. The van der Waals surface area contributed by atoms with Crippen LogP contribution in [0, 0.1) is 0 Å². The number of carbonyl (C=O) groups excluding carboxylic acids is 1. The van der Waals surface area contributed by atoms with Crippen LogP contribution in [0.15, 0.2) is 73.3 Å². The van der Waals surface area contributed by atoms with E-state index in [0.717, 1.165) is 0 Å². The lowest BCUT2D eigenvalue weighted by Gasteiger charge is -2.15. The minimum Gasteiger partial charge on any atom is -0.508 e. The lowest BCUT2D eigenvalue weighted by Crippen LogP contribution is -2.08. The Kier molecular flexibility index (Phi) is 5.38. The van der Waals surface area contributed by atoms with Crippen molar-refractivity contribution in [1.29, 1.82) is 0 Å². The summed E-state index contributed by atoms with van der Waals surface area (Å²) in [6.45, 7) is 0.0305. The standard InChI is InChI=1S/C23H18N2O6/c26-20-11-16-5-6-17(23(30)31-13-25-8-7-24-12-25)9-18(16)10-19(20)21(27)14-1-3-15(4-2-14)22(28)29/h1-12,21,26-27H,13H2,(H,28,29). The molecule has 1 atom stereocenters. The number of carboxylic acid groups (broad SMARTS) is 1. The fourth-order valence-electron chi connectivity index (χ4n) is 3.22. The SMILES string of the molecule is O=C(O)c1ccc(C(O)c2cc3cc(C(=O)OCn4ccnc4)ccc3cc2O)cc1. The first kappa shape index (κ1) is 20.1. The first-order chi connectivity index (χ1) is 14.9. The number of benzene rings is 3. The molecule has 0 aliphatic rings. The maximum Gasteiger partial charge on any atom is 0.339 e. The molecule has 8 nitrogen and oxygen atoms in total. The van der Waals surface area contributed by atoms with Crippen molar-refractivity contribution in [3.05, 3.63) is 95.6 Å². The summed E-state index contributed by atoms with van der Waals surface area (Å²) in [7, 11) is 0. The molecule has 4 rings (SSSR count). The molecule has 31 heavy (non-hydrogen) atoms. The topological polar surface area (TPSA) is 122 Å². The van der Waals surface area contributed by atoms with Gasteiger partial charge in [0.2, 0.25) is 0 Å². The first-order valence-corrected chi connectivity index (χ1v) is 9.33. The largest absolute Gasteiger partial charge is 0.508 e. The molecule has 0 saturated heterocycles. The molecule has 0 radical (unpaired) electrons. The van der Waals surface area contributed by atoms with E-state index in [9.17, 15) is 19.8 Å². The van der Waals surface area contributed by atoms with Gasteiger partial charge in [-0.3, -0.25) is 0 Å². The number of fused-ring (bicyclic) bond motifs is 1. The van der Waals surface area contributed by atoms with Crippen LogP contribution in [0.1, 0.15) is 37.9 Å². The Morgan fingerprint density at radius 3 is 2.42 bits per heavy atom. The van der Waals surface area contributed by atoms with Crippen LogP contribution in [0.5, 0.6) is 5.75 Å². The third-order valence-corrected chi connectivity index (χ3v) is 4.89. The summed E-state index contributed by atoms with van der Waals surface area (Å²) in [4.78, 5) is 27.3. The number of hydrogen-bond donors (Lipinski definition) is 3.